The Morgan fingerprint density at radius 1 is 0.969 bits per heavy atom. The van der Waals surface area contributed by atoms with Crippen LogP contribution < -0.4 is 10.1 Å². The van der Waals surface area contributed by atoms with Gasteiger partial charge in [0, 0.05) is 15.4 Å². The summed E-state index contributed by atoms with van der Waals surface area (Å²) >= 11 is 1.70. The van der Waals surface area contributed by atoms with Crippen molar-refractivity contribution in [3.63, 3.8) is 0 Å². The van der Waals surface area contributed by atoms with E-state index in [4.69, 9.17) is 9.15 Å². The van der Waals surface area contributed by atoms with Crippen LogP contribution >= 0.6 is 11.8 Å². The maximum Gasteiger partial charge on any atom is 0.186 e. The summed E-state index contributed by atoms with van der Waals surface area (Å²) in [6.07, 6.45) is 3.23. The minimum atomic E-state index is -0.0763. The first kappa shape index (κ1) is 20.2. The molecule has 158 valence electrons. The number of para-hydroxylation sites is 2. The second-order valence-electron chi connectivity index (χ2n) is 7.49. The van der Waals surface area contributed by atoms with E-state index in [-0.39, 0.29) is 5.78 Å². The van der Waals surface area contributed by atoms with Gasteiger partial charge in [0.15, 0.2) is 5.78 Å². The summed E-state index contributed by atoms with van der Waals surface area (Å²) in [5.41, 5.74) is 3.70. The maximum absolute atomic E-state index is 12.7. The number of rotatable bonds is 6. The average Bonchev–Trinajstić information content (AvgIpc) is 3.28. The molecule has 1 N–H and O–H groups in total. The molecule has 0 atom stereocenters. The fourth-order valence-electron chi connectivity index (χ4n) is 3.48. The third-order valence-corrected chi connectivity index (χ3v) is 6.34. The standard InChI is InChI=1S/C27H21NO3S/c1-18-6-2-4-8-25(18)30-17-21-12-11-20(31-21)13-14-24(29)19-10-15-27-23(16-19)28-22-7-3-5-9-26(22)32-27/h2-16,28H,17H2,1H3/b14-13+. The van der Waals surface area contributed by atoms with Crippen LogP contribution in [0.1, 0.15) is 27.4 Å². The van der Waals surface area contributed by atoms with Crippen molar-refractivity contribution in [3.05, 3.63) is 108 Å². The zero-order valence-corrected chi connectivity index (χ0v) is 18.3. The quantitative estimate of drug-likeness (QED) is 0.223. The summed E-state index contributed by atoms with van der Waals surface area (Å²) in [6, 6.07) is 25.4. The highest BCUT2D eigenvalue weighted by molar-refractivity contribution is 7.99. The lowest BCUT2D eigenvalue weighted by Crippen LogP contribution is -2.02. The largest absolute Gasteiger partial charge is 0.485 e. The molecule has 4 aromatic rings. The van der Waals surface area contributed by atoms with Crippen LogP contribution in [0.15, 0.2) is 99.1 Å². The Kier molecular flexibility index (Phi) is 5.57. The van der Waals surface area contributed by atoms with Gasteiger partial charge in [0.05, 0.1) is 11.4 Å². The summed E-state index contributed by atoms with van der Waals surface area (Å²) in [5.74, 6) is 2.07. The van der Waals surface area contributed by atoms with Crippen LogP contribution in [0.25, 0.3) is 6.08 Å². The monoisotopic (exact) mass is 439 g/mol. The van der Waals surface area contributed by atoms with Gasteiger partial charge in [-0.1, -0.05) is 42.1 Å². The molecule has 0 bridgehead atoms. The normalized spacial score (nSPS) is 12.2. The minimum absolute atomic E-state index is 0.0763. The van der Waals surface area contributed by atoms with E-state index in [1.807, 2.05) is 79.7 Å². The van der Waals surface area contributed by atoms with E-state index in [1.54, 1.807) is 17.8 Å². The summed E-state index contributed by atoms with van der Waals surface area (Å²) < 4.78 is 11.6. The molecule has 0 fully saturated rings. The third-order valence-electron chi connectivity index (χ3n) is 5.19. The van der Waals surface area contributed by atoms with Gasteiger partial charge in [0.25, 0.3) is 0 Å². The number of ketones is 1. The number of carbonyl (C=O) groups excluding carboxylic acids is 1. The fourth-order valence-corrected chi connectivity index (χ4v) is 4.44. The highest BCUT2D eigenvalue weighted by atomic mass is 32.2. The molecule has 1 aromatic heterocycles. The van der Waals surface area contributed by atoms with Crippen LogP contribution in [0.5, 0.6) is 5.75 Å². The van der Waals surface area contributed by atoms with Crippen molar-refractivity contribution in [1.29, 1.82) is 0 Å². The van der Waals surface area contributed by atoms with Gasteiger partial charge in [-0.3, -0.25) is 4.79 Å². The van der Waals surface area contributed by atoms with Crippen molar-refractivity contribution >= 4 is 35.0 Å². The van der Waals surface area contributed by atoms with Crippen LogP contribution in [-0.2, 0) is 6.61 Å². The number of hydrogen-bond acceptors (Lipinski definition) is 5. The second kappa shape index (κ2) is 8.81. The van der Waals surface area contributed by atoms with E-state index >= 15 is 0 Å². The summed E-state index contributed by atoms with van der Waals surface area (Å²) in [5, 5.41) is 3.41. The number of anilines is 2. The molecule has 1 aliphatic rings. The predicted molar refractivity (Wildman–Crippen MR) is 128 cm³/mol. The van der Waals surface area contributed by atoms with Crippen molar-refractivity contribution in [3.8, 4) is 5.75 Å². The molecule has 0 aliphatic carbocycles. The lowest BCUT2D eigenvalue weighted by atomic mass is 10.1. The Morgan fingerprint density at radius 2 is 1.78 bits per heavy atom. The smallest absolute Gasteiger partial charge is 0.186 e. The van der Waals surface area contributed by atoms with Crippen molar-refractivity contribution in [2.45, 2.75) is 23.3 Å². The number of nitrogens with one attached hydrogen (secondary N) is 1. The number of fused-ring (bicyclic) bond motifs is 2. The van der Waals surface area contributed by atoms with Gasteiger partial charge in [0.1, 0.15) is 23.9 Å². The Hall–Kier alpha value is -3.70. The Labute approximate surface area is 190 Å². The molecule has 3 aromatic carbocycles. The van der Waals surface area contributed by atoms with Gasteiger partial charge in [0.2, 0.25) is 0 Å². The molecule has 0 saturated heterocycles. The molecular formula is C27H21NO3S. The molecule has 0 amide bonds. The predicted octanol–water partition coefficient (Wildman–Crippen LogP) is 7.27. The highest BCUT2D eigenvalue weighted by Crippen LogP contribution is 2.44. The lowest BCUT2D eigenvalue weighted by Gasteiger charge is -2.20. The SMILES string of the molecule is Cc1ccccc1OCc1ccc(/C=C/C(=O)c2ccc3c(c2)Nc2ccccc2S3)o1. The molecule has 32 heavy (non-hydrogen) atoms. The molecule has 0 radical (unpaired) electrons. The molecule has 2 heterocycles. The van der Waals surface area contributed by atoms with Gasteiger partial charge in [-0.2, -0.15) is 0 Å². The van der Waals surface area contributed by atoms with Gasteiger partial charge in [-0.05, 0) is 73.2 Å². The van der Waals surface area contributed by atoms with E-state index in [0.717, 1.165) is 27.6 Å². The van der Waals surface area contributed by atoms with Crippen molar-refractivity contribution in [1.82, 2.24) is 0 Å². The fraction of sp³-hybridized carbons (Fsp3) is 0.0741. The number of hydrogen-bond donors (Lipinski definition) is 1. The summed E-state index contributed by atoms with van der Waals surface area (Å²) in [6.45, 7) is 2.34. The molecule has 0 unspecified atom stereocenters. The van der Waals surface area contributed by atoms with Gasteiger partial charge in [-0.15, -0.1) is 0 Å². The van der Waals surface area contributed by atoms with Crippen molar-refractivity contribution in [2.75, 3.05) is 5.32 Å². The average molecular weight is 440 g/mol. The van der Waals surface area contributed by atoms with Crippen molar-refractivity contribution < 1.29 is 13.9 Å². The van der Waals surface area contributed by atoms with Crippen LogP contribution in [0.3, 0.4) is 0 Å². The van der Waals surface area contributed by atoms with Crippen LogP contribution in [0, 0.1) is 6.92 Å². The van der Waals surface area contributed by atoms with Crippen LogP contribution in [0.2, 0.25) is 0 Å². The first-order valence-corrected chi connectivity index (χ1v) is 11.1. The number of carbonyl (C=O) groups is 1. The second-order valence-corrected chi connectivity index (χ2v) is 8.57. The van der Waals surface area contributed by atoms with Crippen molar-refractivity contribution in [2.24, 2.45) is 0 Å². The van der Waals surface area contributed by atoms with E-state index in [2.05, 4.69) is 11.4 Å². The first-order chi connectivity index (χ1) is 15.7. The first-order valence-electron chi connectivity index (χ1n) is 10.3. The Balaban J connectivity index is 1.24. The number of benzene rings is 3. The molecule has 1 aliphatic heterocycles. The Morgan fingerprint density at radius 3 is 2.69 bits per heavy atom. The number of furan rings is 1. The number of ether oxygens (including phenoxy) is 1. The molecule has 5 heteroatoms. The van der Waals surface area contributed by atoms with Crippen LogP contribution in [0.4, 0.5) is 11.4 Å². The molecule has 4 nitrogen and oxygen atoms in total. The van der Waals surface area contributed by atoms with E-state index in [9.17, 15) is 4.79 Å². The summed E-state index contributed by atoms with van der Waals surface area (Å²) in [7, 11) is 0. The van der Waals surface area contributed by atoms with E-state index in [1.165, 1.54) is 11.0 Å². The van der Waals surface area contributed by atoms with Gasteiger partial charge >= 0.3 is 0 Å². The number of aryl methyl sites for hydroxylation is 1. The zero-order chi connectivity index (χ0) is 21.9. The zero-order valence-electron chi connectivity index (χ0n) is 17.5. The molecule has 0 spiro atoms. The van der Waals surface area contributed by atoms with Crippen LogP contribution in [-0.4, -0.2) is 5.78 Å². The lowest BCUT2D eigenvalue weighted by molar-refractivity contribution is 0.104. The van der Waals surface area contributed by atoms with Gasteiger partial charge < -0.3 is 14.5 Å². The summed E-state index contributed by atoms with van der Waals surface area (Å²) in [4.78, 5) is 15.0. The van der Waals surface area contributed by atoms with Gasteiger partial charge in [-0.25, -0.2) is 0 Å². The Bertz CT molecular complexity index is 1320. The molecule has 5 rings (SSSR count). The maximum atomic E-state index is 12.7. The highest BCUT2D eigenvalue weighted by Gasteiger charge is 2.16. The van der Waals surface area contributed by atoms with E-state index < -0.39 is 0 Å². The topological polar surface area (TPSA) is 51.5 Å². The third kappa shape index (κ3) is 4.34. The van der Waals surface area contributed by atoms with E-state index in [0.29, 0.717) is 23.7 Å². The minimum Gasteiger partial charge on any atom is -0.485 e. The molecule has 0 saturated carbocycles. The number of allylic oxidation sites excluding steroid dienone is 1. The molecular weight excluding hydrogens is 418 g/mol.